The van der Waals surface area contributed by atoms with E-state index in [2.05, 4.69) is 26.4 Å². The van der Waals surface area contributed by atoms with Gasteiger partial charge >= 0.3 is 0 Å². The van der Waals surface area contributed by atoms with Gasteiger partial charge in [0.05, 0.1) is 5.56 Å². The van der Waals surface area contributed by atoms with Gasteiger partial charge in [-0.25, -0.2) is 0 Å². The van der Waals surface area contributed by atoms with Crippen LogP contribution >= 0.6 is 15.9 Å². The normalized spacial score (nSPS) is 13.2. The van der Waals surface area contributed by atoms with Gasteiger partial charge in [-0.3, -0.25) is 4.79 Å². The molecule has 0 aliphatic heterocycles. The lowest BCUT2D eigenvalue weighted by Gasteiger charge is -2.11. The Kier molecular flexibility index (Phi) is 4.96. The van der Waals surface area contributed by atoms with Gasteiger partial charge in [-0.05, 0) is 28.1 Å². The van der Waals surface area contributed by atoms with Gasteiger partial charge in [-0.1, -0.05) is 24.2 Å². The van der Waals surface area contributed by atoms with E-state index in [0.29, 0.717) is 12.1 Å². The van der Waals surface area contributed by atoms with Crippen LogP contribution in [0.15, 0.2) is 33.9 Å². The van der Waals surface area contributed by atoms with Gasteiger partial charge in [0.2, 0.25) is 0 Å². The van der Waals surface area contributed by atoms with E-state index < -0.39 is 0 Å². The molecular weight excluding hydrogens is 286 g/mol. The van der Waals surface area contributed by atoms with Crippen molar-refractivity contribution in [3.8, 4) is 0 Å². The second kappa shape index (κ2) is 6.24. The lowest BCUT2D eigenvalue weighted by atomic mass is 10.1. The second-order valence-electron chi connectivity index (χ2n) is 3.62. The van der Waals surface area contributed by atoms with Crippen LogP contribution in [0.3, 0.4) is 0 Å². The van der Waals surface area contributed by atoms with Crippen LogP contribution in [0, 0.1) is 5.92 Å². The number of hydrogen-bond donors (Lipinski definition) is 3. The number of oxime groups is 1. The van der Waals surface area contributed by atoms with Crippen molar-refractivity contribution in [1.29, 1.82) is 0 Å². The summed E-state index contributed by atoms with van der Waals surface area (Å²) in [6.45, 7) is 2.07. The van der Waals surface area contributed by atoms with Crippen LogP contribution in [-0.2, 0) is 0 Å². The third-order valence-corrected chi connectivity index (χ3v) is 3.00. The number of hydrogen-bond acceptors (Lipinski definition) is 3. The summed E-state index contributed by atoms with van der Waals surface area (Å²) >= 11 is 3.30. The SMILES string of the molecule is CC(CNC(=O)c1ccccc1Br)C(N)=NO. The minimum Gasteiger partial charge on any atom is -0.409 e. The van der Waals surface area contributed by atoms with Crippen LogP contribution in [0.4, 0.5) is 0 Å². The molecule has 1 atom stereocenters. The minimum atomic E-state index is -0.216. The monoisotopic (exact) mass is 299 g/mol. The molecule has 92 valence electrons. The topological polar surface area (TPSA) is 87.7 Å². The number of rotatable bonds is 4. The van der Waals surface area contributed by atoms with Gasteiger partial charge in [0.1, 0.15) is 5.84 Å². The Morgan fingerprint density at radius 3 is 2.82 bits per heavy atom. The third kappa shape index (κ3) is 3.74. The van der Waals surface area contributed by atoms with Gasteiger partial charge in [0.15, 0.2) is 0 Å². The zero-order valence-electron chi connectivity index (χ0n) is 9.35. The maximum atomic E-state index is 11.8. The Morgan fingerprint density at radius 2 is 2.24 bits per heavy atom. The molecule has 1 aromatic rings. The Bertz CT molecular complexity index is 434. The molecule has 0 radical (unpaired) electrons. The maximum absolute atomic E-state index is 11.8. The molecule has 6 heteroatoms. The molecule has 1 unspecified atom stereocenters. The molecule has 4 N–H and O–H groups in total. The number of benzene rings is 1. The molecule has 0 heterocycles. The maximum Gasteiger partial charge on any atom is 0.252 e. The van der Waals surface area contributed by atoms with Crippen molar-refractivity contribution in [3.05, 3.63) is 34.3 Å². The number of carbonyl (C=O) groups excluding carboxylic acids is 1. The van der Waals surface area contributed by atoms with Gasteiger partial charge in [-0.15, -0.1) is 0 Å². The molecule has 0 aromatic heterocycles. The van der Waals surface area contributed by atoms with Crippen molar-refractivity contribution in [1.82, 2.24) is 5.32 Å². The van der Waals surface area contributed by atoms with Crippen LogP contribution < -0.4 is 11.1 Å². The summed E-state index contributed by atoms with van der Waals surface area (Å²) < 4.78 is 0.731. The van der Waals surface area contributed by atoms with E-state index in [1.54, 1.807) is 25.1 Å². The lowest BCUT2D eigenvalue weighted by molar-refractivity contribution is 0.0950. The molecule has 17 heavy (non-hydrogen) atoms. The van der Waals surface area contributed by atoms with Crippen molar-refractivity contribution in [2.75, 3.05) is 6.54 Å². The number of amidine groups is 1. The highest BCUT2D eigenvalue weighted by Crippen LogP contribution is 2.15. The predicted molar refractivity (Wildman–Crippen MR) is 69.0 cm³/mol. The Balaban J connectivity index is 2.60. The van der Waals surface area contributed by atoms with Crippen LogP contribution in [0.1, 0.15) is 17.3 Å². The van der Waals surface area contributed by atoms with E-state index >= 15 is 0 Å². The predicted octanol–water partition coefficient (Wildman–Crippen LogP) is 1.56. The summed E-state index contributed by atoms with van der Waals surface area (Å²) in [4.78, 5) is 11.8. The standard InChI is InChI=1S/C11H14BrN3O2/c1-7(10(13)15-17)6-14-11(16)8-4-2-3-5-9(8)12/h2-5,7,17H,6H2,1H3,(H2,13,15)(H,14,16). The number of amides is 1. The first-order valence-corrected chi connectivity index (χ1v) is 5.85. The van der Waals surface area contributed by atoms with Crippen molar-refractivity contribution < 1.29 is 10.0 Å². The molecule has 0 aliphatic rings. The molecule has 5 nitrogen and oxygen atoms in total. The smallest absolute Gasteiger partial charge is 0.252 e. The molecule has 0 fully saturated rings. The Morgan fingerprint density at radius 1 is 1.59 bits per heavy atom. The lowest BCUT2D eigenvalue weighted by Crippen LogP contribution is -2.34. The highest BCUT2D eigenvalue weighted by molar-refractivity contribution is 9.10. The zero-order valence-corrected chi connectivity index (χ0v) is 10.9. The average Bonchev–Trinajstić information content (AvgIpc) is 2.35. The summed E-state index contributed by atoms with van der Waals surface area (Å²) in [5, 5.41) is 14.1. The Labute approximate surface area is 108 Å². The fourth-order valence-electron chi connectivity index (χ4n) is 1.19. The second-order valence-corrected chi connectivity index (χ2v) is 4.47. The number of nitrogens with two attached hydrogens (primary N) is 1. The molecule has 0 bridgehead atoms. The Hall–Kier alpha value is -1.56. The molecule has 0 saturated carbocycles. The van der Waals surface area contributed by atoms with E-state index in [-0.39, 0.29) is 17.7 Å². The molecule has 1 rings (SSSR count). The summed E-state index contributed by atoms with van der Waals surface area (Å²) in [5.41, 5.74) is 5.97. The van der Waals surface area contributed by atoms with Crippen molar-refractivity contribution >= 4 is 27.7 Å². The van der Waals surface area contributed by atoms with E-state index in [0.717, 1.165) is 4.47 Å². The van der Waals surface area contributed by atoms with Crippen molar-refractivity contribution in [2.45, 2.75) is 6.92 Å². The van der Waals surface area contributed by atoms with Gasteiger partial charge < -0.3 is 16.3 Å². The molecule has 0 aliphatic carbocycles. The van der Waals surface area contributed by atoms with Crippen LogP contribution in [0.25, 0.3) is 0 Å². The number of nitrogens with zero attached hydrogens (tertiary/aromatic N) is 1. The summed E-state index contributed by atoms with van der Waals surface area (Å²) in [6.07, 6.45) is 0. The molecule has 0 spiro atoms. The highest BCUT2D eigenvalue weighted by atomic mass is 79.9. The van der Waals surface area contributed by atoms with Gasteiger partial charge in [0, 0.05) is 16.9 Å². The first-order chi connectivity index (χ1) is 8.06. The van der Waals surface area contributed by atoms with Gasteiger partial charge in [-0.2, -0.15) is 0 Å². The first kappa shape index (κ1) is 13.5. The molecular formula is C11H14BrN3O2. The summed E-state index contributed by atoms with van der Waals surface area (Å²) in [6, 6.07) is 7.13. The van der Waals surface area contributed by atoms with Crippen molar-refractivity contribution in [3.63, 3.8) is 0 Å². The van der Waals surface area contributed by atoms with Gasteiger partial charge in [0.25, 0.3) is 5.91 Å². The number of carbonyl (C=O) groups is 1. The quantitative estimate of drug-likeness (QED) is 0.341. The fourth-order valence-corrected chi connectivity index (χ4v) is 1.65. The van der Waals surface area contributed by atoms with Crippen LogP contribution in [-0.4, -0.2) is 23.5 Å². The fraction of sp³-hybridized carbons (Fsp3) is 0.273. The number of halogens is 1. The highest BCUT2D eigenvalue weighted by Gasteiger charge is 2.12. The van der Waals surface area contributed by atoms with E-state index in [4.69, 9.17) is 10.9 Å². The molecule has 1 aromatic carbocycles. The third-order valence-electron chi connectivity index (χ3n) is 2.31. The molecule has 0 saturated heterocycles. The summed E-state index contributed by atoms with van der Waals surface area (Å²) in [5.74, 6) is -0.320. The zero-order chi connectivity index (χ0) is 12.8. The average molecular weight is 300 g/mol. The van der Waals surface area contributed by atoms with Crippen molar-refractivity contribution in [2.24, 2.45) is 16.8 Å². The molecule has 1 amide bonds. The summed E-state index contributed by atoms with van der Waals surface area (Å²) in [7, 11) is 0. The van der Waals surface area contributed by atoms with E-state index in [9.17, 15) is 4.79 Å². The minimum absolute atomic E-state index is 0.0948. The van der Waals surface area contributed by atoms with E-state index in [1.165, 1.54) is 0 Å². The van der Waals surface area contributed by atoms with E-state index in [1.807, 2.05) is 6.07 Å². The number of nitrogens with one attached hydrogen (secondary N) is 1. The van der Waals surface area contributed by atoms with Crippen LogP contribution in [0.5, 0.6) is 0 Å². The first-order valence-electron chi connectivity index (χ1n) is 5.06. The largest absolute Gasteiger partial charge is 0.409 e. The van der Waals surface area contributed by atoms with Crippen LogP contribution in [0.2, 0.25) is 0 Å².